The Morgan fingerprint density at radius 2 is 2.16 bits per heavy atom. The first-order chi connectivity index (χ1) is 11.7. The summed E-state index contributed by atoms with van der Waals surface area (Å²) in [4.78, 5) is 11.7. The molecule has 25 heavy (non-hydrogen) atoms. The normalized spacial score (nSPS) is 20.1. The number of alkyl halides is 1. The van der Waals surface area contributed by atoms with Gasteiger partial charge >= 0.3 is 6.09 Å². The van der Waals surface area contributed by atoms with Gasteiger partial charge in [0.05, 0.1) is 6.61 Å². The molecule has 1 unspecified atom stereocenters. The highest BCUT2D eigenvalue weighted by Gasteiger charge is 2.38. The Morgan fingerprint density at radius 1 is 1.44 bits per heavy atom. The molecule has 0 bridgehead atoms. The summed E-state index contributed by atoms with van der Waals surface area (Å²) in [5, 5.41) is 3.48. The lowest BCUT2D eigenvalue weighted by atomic mass is 9.80. The van der Waals surface area contributed by atoms with Crippen LogP contribution >= 0.6 is 50.1 Å². The fraction of sp³-hybridized carbons (Fsp3) is 0.611. The highest BCUT2D eigenvalue weighted by molar-refractivity contribution is 14.1. The van der Waals surface area contributed by atoms with Crippen molar-refractivity contribution in [3.8, 4) is 0 Å². The first-order valence-electron chi connectivity index (χ1n) is 8.32. The van der Waals surface area contributed by atoms with Crippen molar-refractivity contribution in [3.63, 3.8) is 0 Å². The summed E-state index contributed by atoms with van der Waals surface area (Å²) in [6.45, 7) is 6.37. The van der Waals surface area contributed by atoms with Crippen LogP contribution in [-0.4, -0.2) is 29.3 Å². The molecule has 1 N–H and O–H groups in total. The van der Waals surface area contributed by atoms with Gasteiger partial charge in [-0.15, -0.1) is 0 Å². The number of hydrogen-bond acceptors (Lipinski definition) is 3. The number of fused-ring (bicyclic) bond motifs is 1. The summed E-state index contributed by atoms with van der Waals surface area (Å²) in [5.41, 5.74) is 1.57. The zero-order chi connectivity index (χ0) is 18.7. The third-order valence-electron chi connectivity index (χ3n) is 3.98. The molecule has 1 aromatic rings. The molecule has 0 saturated carbocycles. The monoisotopic (exact) mass is 543 g/mol. The number of aryl methyl sites for hydroxylation is 1. The maximum absolute atomic E-state index is 11.7. The van der Waals surface area contributed by atoms with E-state index < -0.39 is 11.7 Å². The second-order valence-electron chi connectivity index (χ2n) is 7.18. The second kappa shape index (κ2) is 8.76. The molecule has 0 aliphatic heterocycles. The topological polar surface area (TPSA) is 47.6 Å². The quantitative estimate of drug-likeness (QED) is 0.298. The molecular formula is C18H24BrClINO3. The number of halogens is 3. The van der Waals surface area contributed by atoms with Gasteiger partial charge in [-0.1, -0.05) is 50.1 Å². The Morgan fingerprint density at radius 3 is 2.80 bits per heavy atom. The number of hydrogen-bond donors (Lipinski definition) is 1. The number of ether oxygens (including phenoxy) is 2. The maximum Gasteiger partial charge on any atom is 0.407 e. The number of amides is 1. The smallest absolute Gasteiger partial charge is 0.407 e. The summed E-state index contributed by atoms with van der Waals surface area (Å²) in [6, 6.07) is 3.96. The van der Waals surface area contributed by atoms with Gasteiger partial charge in [-0.05, 0) is 57.7 Å². The highest BCUT2D eigenvalue weighted by atomic mass is 127. The van der Waals surface area contributed by atoms with Gasteiger partial charge in [0.2, 0.25) is 0 Å². The largest absolute Gasteiger partial charge is 0.444 e. The minimum atomic E-state index is -0.499. The van der Waals surface area contributed by atoms with Gasteiger partial charge in [0.25, 0.3) is 0 Å². The van der Waals surface area contributed by atoms with E-state index in [9.17, 15) is 4.79 Å². The Kier molecular flexibility index (Phi) is 7.45. The molecule has 0 fully saturated rings. The number of alkyl carbamates (subject to hydrolysis) is 1. The highest BCUT2D eigenvalue weighted by Crippen LogP contribution is 2.44. The lowest BCUT2D eigenvalue weighted by Gasteiger charge is -2.39. The number of nitrogens with one attached hydrogen (secondary N) is 1. The van der Waals surface area contributed by atoms with Crippen LogP contribution in [0.3, 0.4) is 0 Å². The van der Waals surface area contributed by atoms with E-state index >= 15 is 0 Å². The third kappa shape index (κ3) is 5.71. The van der Waals surface area contributed by atoms with Crippen LogP contribution in [0.5, 0.6) is 0 Å². The van der Waals surface area contributed by atoms with Crippen molar-refractivity contribution >= 4 is 56.2 Å². The Bertz CT molecular complexity index is 635. The van der Waals surface area contributed by atoms with E-state index in [1.165, 1.54) is 11.1 Å². The summed E-state index contributed by atoms with van der Waals surface area (Å²) in [6.07, 6.45) is 2.60. The Balaban J connectivity index is 2.02. The third-order valence-corrected chi connectivity index (χ3v) is 6.06. The van der Waals surface area contributed by atoms with Crippen molar-refractivity contribution in [2.45, 2.75) is 51.2 Å². The van der Waals surface area contributed by atoms with E-state index in [0.29, 0.717) is 13.2 Å². The number of carbonyl (C=O) groups is 1. The van der Waals surface area contributed by atoms with Gasteiger partial charge < -0.3 is 14.8 Å². The van der Waals surface area contributed by atoms with Gasteiger partial charge in [0.1, 0.15) is 11.2 Å². The molecule has 1 aliphatic rings. The molecule has 0 aromatic heterocycles. The van der Waals surface area contributed by atoms with Crippen molar-refractivity contribution in [3.05, 3.63) is 32.8 Å². The van der Waals surface area contributed by atoms with E-state index in [2.05, 4.69) is 43.8 Å². The molecule has 0 spiro atoms. The summed E-state index contributed by atoms with van der Waals surface area (Å²) < 4.78 is 13.4. The predicted octanol–water partition coefficient (Wildman–Crippen LogP) is 5.61. The minimum Gasteiger partial charge on any atom is -0.444 e. The van der Waals surface area contributed by atoms with Gasteiger partial charge in [0, 0.05) is 26.0 Å². The molecule has 4 nitrogen and oxygen atoms in total. The van der Waals surface area contributed by atoms with Crippen LogP contribution in [0.25, 0.3) is 0 Å². The first-order valence-corrected chi connectivity index (χ1v) is 11.0. The Hall–Kier alpha value is -0.0500. The zero-order valence-electron chi connectivity index (χ0n) is 14.8. The van der Waals surface area contributed by atoms with Crippen LogP contribution < -0.4 is 5.32 Å². The van der Waals surface area contributed by atoms with E-state index in [-0.39, 0.29) is 5.60 Å². The molecular weight excluding hydrogens is 520 g/mol. The molecule has 1 aliphatic carbocycles. The summed E-state index contributed by atoms with van der Waals surface area (Å²) in [5.74, 6) is 0. The predicted molar refractivity (Wildman–Crippen MR) is 113 cm³/mol. The van der Waals surface area contributed by atoms with Crippen LogP contribution in [0.2, 0.25) is 5.02 Å². The van der Waals surface area contributed by atoms with Gasteiger partial charge in [-0.25, -0.2) is 4.79 Å². The van der Waals surface area contributed by atoms with Gasteiger partial charge in [-0.2, -0.15) is 0 Å². The lowest BCUT2D eigenvalue weighted by Crippen LogP contribution is -2.39. The molecule has 2 rings (SSSR count). The van der Waals surface area contributed by atoms with Crippen molar-refractivity contribution in [2.24, 2.45) is 0 Å². The number of benzene rings is 1. The molecule has 1 atom stereocenters. The first kappa shape index (κ1) is 21.3. The fourth-order valence-corrected chi connectivity index (χ4v) is 5.27. The van der Waals surface area contributed by atoms with E-state index in [1.807, 2.05) is 32.9 Å². The number of rotatable bonds is 5. The van der Waals surface area contributed by atoms with Crippen molar-refractivity contribution in [2.75, 3.05) is 17.6 Å². The minimum absolute atomic E-state index is 0.354. The molecule has 1 aromatic carbocycles. The molecule has 1 amide bonds. The van der Waals surface area contributed by atoms with Crippen molar-refractivity contribution in [1.82, 2.24) is 5.32 Å². The lowest BCUT2D eigenvalue weighted by molar-refractivity contribution is -0.0416. The van der Waals surface area contributed by atoms with Crippen molar-refractivity contribution < 1.29 is 14.3 Å². The molecule has 0 saturated heterocycles. The van der Waals surface area contributed by atoms with Crippen LogP contribution in [-0.2, 0) is 21.5 Å². The summed E-state index contributed by atoms with van der Waals surface area (Å²) in [7, 11) is 0. The van der Waals surface area contributed by atoms with Crippen LogP contribution in [0.15, 0.2) is 16.6 Å². The second-order valence-corrected chi connectivity index (χ2v) is 9.23. The van der Waals surface area contributed by atoms with Crippen LogP contribution in [0.1, 0.15) is 44.7 Å². The molecule has 140 valence electrons. The molecule has 7 heteroatoms. The van der Waals surface area contributed by atoms with E-state index in [0.717, 1.165) is 33.2 Å². The van der Waals surface area contributed by atoms with Crippen LogP contribution in [0.4, 0.5) is 4.79 Å². The van der Waals surface area contributed by atoms with Gasteiger partial charge in [0.15, 0.2) is 0 Å². The molecule has 0 heterocycles. The van der Waals surface area contributed by atoms with E-state index in [1.54, 1.807) is 0 Å². The van der Waals surface area contributed by atoms with E-state index in [4.69, 9.17) is 21.1 Å². The Labute approximate surface area is 176 Å². The molecule has 0 radical (unpaired) electrons. The maximum atomic E-state index is 11.7. The number of carbonyl (C=O) groups excluding carboxylic acids is 1. The summed E-state index contributed by atoms with van der Waals surface area (Å²) >= 11 is 12.2. The fourth-order valence-electron chi connectivity index (χ4n) is 3.05. The average Bonchev–Trinajstić information content (AvgIpc) is 2.49. The zero-order valence-corrected chi connectivity index (χ0v) is 19.3. The standard InChI is InChI=1S/C18H24BrClINO3/c1-17(2,3)25-16(23)22-7-8-24-18(11-21)6-4-5-12-9-13(20)10-14(19)15(12)18/h9-10H,4-8,11H2,1-3H3,(H,22,23). The van der Waals surface area contributed by atoms with Crippen molar-refractivity contribution in [1.29, 1.82) is 0 Å². The van der Waals surface area contributed by atoms with Gasteiger partial charge in [-0.3, -0.25) is 0 Å². The SMILES string of the molecule is CC(C)(C)OC(=O)NCCOC1(CI)CCCc2cc(Cl)cc(Br)c21. The van der Waals surface area contributed by atoms with Crippen LogP contribution in [0, 0.1) is 0 Å². The average molecular weight is 545 g/mol.